The van der Waals surface area contributed by atoms with Gasteiger partial charge < -0.3 is 63.0 Å². The van der Waals surface area contributed by atoms with Crippen molar-refractivity contribution in [2.45, 2.75) is 114 Å². The second-order valence-electron chi connectivity index (χ2n) is 17.9. The van der Waals surface area contributed by atoms with E-state index in [2.05, 4.69) is 76.6 Å². The van der Waals surface area contributed by atoms with Crippen molar-refractivity contribution in [2.75, 3.05) is 57.7 Å². The quantitative estimate of drug-likeness (QED) is 0.0510. The van der Waals surface area contributed by atoms with E-state index in [1.165, 1.54) is 24.0 Å². The van der Waals surface area contributed by atoms with E-state index in [0.717, 1.165) is 4.90 Å². The zero-order valence-electron chi connectivity index (χ0n) is 41.4. The van der Waals surface area contributed by atoms with Gasteiger partial charge in [0.25, 0.3) is 0 Å². The van der Waals surface area contributed by atoms with Crippen LogP contribution >= 0.6 is 12.6 Å². The van der Waals surface area contributed by atoms with E-state index in [-0.39, 0.29) is 51.4 Å². The number of aliphatic hydroxyl groups excluding tert-OH is 2. The standard InChI is InChI=1S/C45H68N14O14S/c1-4-24(2)41-43(71)50-18-35(64)48-20-38(67)54-29(44(72)58-12-5-6-32(58)55-31(14-28(61)23-60)57-51-22-36(65)49-21-39(68)56-41)15-34(63)46-17-26-7-9-27(10-8-26)53-42(70)25(3)52-37(66)19-47-33(62)11-13-59-40(69)16-30(74)45(59)73/h7-10,24-25,28-32,41,51,55,57,60-61,74H,4-6,11-23H2,1-3H3,(H,46,63)(H,47,62)(H,48,64)(H,49,65)(H,50,71)(H,52,66)(H,53,70)(H,54,67)(H,56,68)/t24-,25-,28+,29-,30?,31+,32?,41-/m0/s1. The van der Waals surface area contributed by atoms with E-state index in [1.807, 2.05) is 0 Å². The third kappa shape index (κ3) is 19.6. The van der Waals surface area contributed by atoms with Crippen LogP contribution in [0.5, 0.6) is 0 Å². The number of likely N-dealkylation sites (tertiary alicyclic amines) is 1. The fourth-order valence-electron chi connectivity index (χ4n) is 7.69. The molecule has 4 rings (SSSR count). The van der Waals surface area contributed by atoms with Crippen molar-refractivity contribution >= 4 is 89.2 Å². The third-order valence-electron chi connectivity index (χ3n) is 12.0. The Morgan fingerprint density at radius 2 is 1.49 bits per heavy atom. The van der Waals surface area contributed by atoms with Gasteiger partial charge in [0, 0.05) is 44.6 Å². The predicted octanol–water partition coefficient (Wildman–Crippen LogP) is -6.22. The van der Waals surface area contributed by atoms with Gasteiger partial charge in [0.1, 0.15) is 18.1 Å². The molecule has 12 amide bonds. The Kier molecular flexibility index (Phi) is 24.1. The average Bonchev–Trinajstić information content (AvgIpc) is 3.93. The van der Waals surface area contributed by atoms with Crippen LogP contribution in [0.15, 0.2) is 24.3 Å². The summed E-state index contributed by atoms with van der Waals surface area (Å²) in [4.78, 5) is 156. The van der Waals surface area contributed by atoms with Gasteiger partial charge in [-0.2, -0.15) is 12.6 Å². The molecule has 28 nitrogen and oxygen atoms in total. The number of fused-ring (bicyclic) bond motifs is 1. The molecule has 1 aromatic carbocycles. The van der Waals surface area contributed by atoms with Crippen LogP contribution in [0.3, 0.4) is 0 Å². The Morgan fingerprint density at radius 1 is 0.824 bits per heavy atom. The van der Waals surface area contributed by atoms with E-state index in [9.17, 15) is 67.7 Å². The van der Waals surface area contributed by atoms with Gasteiger partial charge >= 0.3 is 0 Å². The summed E-state index contributed by atoms with van der Waals surface area (Å²) in [5.74, 6) is -8.11. The summed E-state index contributed by atoms with van der Waals surface area (Å²) in [6, 6.07) is 2.69. The minimum Gasteiger partial charge on any atom is -0.394 e. The summed E-state index contributed by atoms with van der Waals surface area (Å²) >= 11 is 4.03. The van der Waals surface area contributed by atoms with Crippen molar-refractivity contribution in [3.63, 3.8) is 0 Å². The number of nitrogens with zero attached hydrogens (tertiary/aromatic N) is 2. The Hall–Kier alpha value is -6.79. The smallest absolute Gasteiger partial charge is 0.246 e. The minimum absolute atomic E-state index is 0.0523. The molecule has 0 bridgehead atoms. The number of aliphatic hydroxyl groups is 2. The highest BCUT2D eigenvalue weighted by Gasteiger charge is 2.38. The van der Waals surface area contributed by atoms with E-state index in [4.69, 9.17) is 0 Å². The number of anilines is 1. The Bertz CT molecular complexity index is 2220. The molecule has 3 fully saturated rings. The molecule has 2 unspecified atom stereocenters. The van der Waals surface area contributed by atoms with E-state index >= 15 is 0 Å². The molecule has 3 aliphatic heterocycles. The average molecular weight is 1060 g/mol. The maximum absolute atomic E-state index is 14.3. The highest BCUT2D eigenvalue weighted by molar-refractivity contribution is 7.81. The van der Waals surface area contributed by atoms with Crippen LogP contribution in [0.4, 0.5) is 5.69 Å². The lowest BCUT2D eigenvalue weighted by Gasteiger charge is -2.33. The normalized spacial score (nSPS) is 23.2. The zero-order valence-corrected chi connectivity index (χ0v) is 42.3. The molecular weight excluding hydrogens is 993 g/mol. The van der Waals surface area contributed by atoms with Gasteiger partial charge in [0.15, 0.2) is 0 Å². The van der Waals surface area contributed by atoms with Gasteiger partial charge in [0.2, 0.25) is 70.9 Å². The summed E-state index contributed by atoms with van der Waals surface area (Å²) in [5.41, 5.74) is 6.44. The molecule has 3 saturated heterocycles. The first-order chi connectivity index (χ1) is 35.2. The van der Waals surface area contributed by atoms with E-state index < -0.39 is 152 Å². The molecule has 8 atom stereocenters. The summed E-state index contributed by atoms with van der Waals surface area (Å²) < 4.78 is 0. The number of hydrogen-bond acceptors (Lipinski definition) is 18. The van der Waals surface area contributed by atoms with Crippen LogP contribution in [0.1, 0.15) is 71.3 Å². The molecule has 0 aromatic heterocycles. The number of hydrazine groups is 1. The number of carbonyl (C=O) groups excluding carboxylic acids is 12. The van der Waals surface area contributed by atoms with Gasteiger partial charge in [-0.3, -0.25) is 67.8 Å². The van der Waals surface area contributed by atoms with Crippen LogP contribution in [-0.2, 0) is 64.1 Å². The zero-order chi connectivity index (χ0) is 54.5. The first kappa shape index (κ1) is 59.8. The number of thiol groups is 1. The monoisotopic (exact) mass is 1060 g/mol. The molecule has 1 aromatic rings. The van der Waals surface area contributed by atoms with Crippen molar-refractivity contribution < 1.29 is 67.7 Å². The molecule has 408 valence electrons. The molecule has 0 radical (unpaired) electrons. The number of carbonyl (C=O) groups is 12. The Labute approximate surface area is 431 Å². The van der Waals surface area contributed by atoms with Crippen LogP contribution in [-0.4, -0.2) is 185 Å². The van der Waals surface area contributed by atoms with Crippen molar-refractivity contribution in [2.24, 2.45) is 5.92 Å². The van der Waals surface area contributed by atoms with Gasteiger partial charge in [0.05, 0.1) is 69.4 Å². The van der Waals surface area contributed by atoms with Crippen molar-refractivity contribution in [3.8, 4) is 0 Å². The van der Waals surface area contributed by atoms with Crippen LogP contribution in [0.2, 0.25) is 0 Å². The number of imide groups is 1. The van der Waals surface area contributed by atoms with Crippen molar-refractivity contribution in [1.82, 2.24) is 68.5 Å². The van der Waals surface area contributed by atoms with Crippen molar-refractivity contribution in [1.29, 1.82) is 0 Å². The lowest BCUT2D eigenvalue weighted by Crippen LogP contribution is -2.60. The first-order valence-corrected chi connectivity index (χ1v) is 24.7. The molecule has 0 spiro atoms. The predicted molar refractivity (Wildman–Crippen MR) is 264 cm³/mol. The minimum atomic E-state index is -1.46. The number of nitrogens with one attached hydrogen (secondary N) is 12. The molecule has 74 heavy (non-hydrogen) atoms. The van der Waals surface area contributed by atoms with Gasteiger partial charge in [-0.1, -0.05) is 32.4 Å². The molecular formula is C45H68N14O14S. The van der Waals surface area contributed by atoms with Gasteiger partial charge in [-0.05, 0) is 43.4 Å². The van der Waals surface area contributed by atoms with E-state index in [0.29, 0.717) is 30.5 Å². The Balaban J connectivity index is 1.37. The lowest BCUT2D eigenvalue weighted by molar-refractivity contribution is -0.140. The second-order valence-corrected chi connectivity index (χ2v) is 18.5. The number of hydrogen-bond donors (Lipinski definition) is 15. The highest BCUT2D eigenvalue weighted by atomic mass is 32.1. The van der Waals surface area contributed by atoms with E-state index in [1.54, 1.807) is 26.0 Å². The Morgan fingerprint density at radius 3 is 2.14 bits per heavy atom. The van der Waals surface area contributed by atoms with Crippen LogP contribution < -0.4 is 64.0 Å². The molecule has 29 heteroatoms. The first-order valence-electron chi connectivity index (χ1n) is 24.2. The van der Waals surface area contributed by atoms with Crippen molar-refractivity contribution in [3.05, 3.63) is 29.8 Å². The summed E-state index contributed by atoms with van der Waals surface area (Å²) in [6.07, 6.45) is -2.44. The maximum atomic E-state index is 14.3. The molecule has 3 heterocycles. The fourth-order valence-corrected chi connectivity index (χ4v) is 7.99. The summed E-state index contributed by atoms with van der Waals surface area (Å²) in [5, 5.41) is 44.8. The van der Waals surface area contributed by atoms with Crippen LogP contribution in [0, 0.1) is 5.92 Å². The largest absolute Gasteiger partial charge is 0.394 e. The SMILES string of the molecule is CC[C@H](C)[C@@H]1NC(=O)CNC(=O)CNN[C@H](C[C@@H](O)CO)NC2CCCN2C(=O)[C@H](CC(=O)NCc2ccc(NC(=O)[C@H](C)NC(=O)CNC(=O)CCN3C(=O)CC(S)C3=O)cc2)NC(=O)CNC(=O)CNC1=O. The second kappa shape index (κ2) is 29.8. The summed E-state index contributed by atoms with van der Waals surface area (Å²) in [7, 11) is 0. The number of benzene rings is 1. The number of rotatable bonds is 17. The number of amides is 12. The molecule has 0 aliphatic carbocycles. The summed E-state index contributed by atoms with van der Waals surface area (Å²) in [6.45, 7) is 1.74. The maximum Gasteiger partial charge on any atom is 0.246 e. The van der Waals surface area contributed by atoms with Gasteiger partial charge in [-0.15, -0.1) is 0 Å². The topological polar surface area (TPSA) is 396 Å². The van der Waals surface area contributed by atoms with Gasteiger partial charge in [-0.25, -0.2) is 10.9 Å². The lowest BCUT2D eigenvalue weighted by atomic mass is 9.98. The molecule has 14 N–H and O–H groups in total. The highest BCUT2D eigenvalue weighted by Crippen LogP contribution is 2.20. The molecule has 3 aliphatic rings. The molecule has 0 saturated carbocycles. The fraction of sp³-hybridized carbons (Fsp3) is 0.600. The third-order valence-corrected chi connectivity index (χ3v) is 12.4. The van der Waals surface area contributed by atoms with Crippen LogP contribution in [0.25, 0.3) is 0 Å².